The summed E-state index contributed by atoms with van der Waals surface area (Å²) in [5, 5.41) is 14.9. The summed E-state index contributed by atoms with van der Waals surface area (Å²) in [5.41, 5.74) is 1.09. The Morgan fingerprint density at radius 3 is 2.62 bits per heavy atom. The molecule has 0 fully saturated rings. The van der Waals surface area contributed by atoms with Gasteiger partial charge in [-0.05, 0) is 12.0 Å². The van der Waals surface area contributed by atoms with Gasteiger partial charge in [0, 0.05) is 30.5 Å². The molecule has 1 aliphatic carbocycles. The Kier molecular flexibility index (Phi) is 5.02. The molecule has 0 spiro atoms. The van der Waals surface area contributed by atoms with E-state index in [2.05, 4.69) is 36.6 Å². The molecule has 1 aliphatic rings. The average Bonchev–Trinajstić information content (AvgIpc) is 2.94. The molecule has 0 aliphatic heterocycles. The van der Waals surface area contributed by atoms with E-state index < -0.39 is 0 Å². The first-order valence-corrected chi connectivity index (χ1v) is 7.40. The zero-order valence-corrected chi connectivity index (χ0v) is 12.7. The van der Waals surface area contributed by atoms with Gasteiger partial charge >= 0.3 is 6.03 Å². The Bertz CT molecular complexity index is 497. The van der Waals surface area contributed by atoms with Crippen molar-refractivity contribution in [2.24, 2.45) is 5.92 Å². The van der Waals surface area contributed by atoms with Crippen LogP contribution in [0.5, 0.6) is 0 Å². The third kappa shape index (κ3) is 4.33. The first-order chi connectivity index (χ1) is 10.0. The van der Waals surface area contributed by atoms with Crippen molar-refractivity contribution in [2.75, 3.05) is 13.2 Å². The molecule has 0 saturated heterocycles. The number of nitrogens with one attached hydrogen (secondary N) is 2. The predicted octanol–water partition coefficient (Wildman–Crippen LogP) is 2.20. The van der Waals surface area contributed by atoms with Gasteiger partial charge in [0.15, 0.2) is 0 Å². The van der Waals surface area contributed by atoms with Gasteiger partial charge < -0.3 is 15.7 Å². The second kappa shape index (κ2) is 6.76. The minimum absolute atomic E-state index is 0.0157. The monoisotopic (exact) mass is 288 g/mol. The molecule has 0 saturated carbocycles. The van der Waals surface area contributed by atoms with Crippen molar-refractivity contribution in [2.45, 2.75) is 31.7 Å². The van der Waals surface area contributed by atoms with Crippen LogP contribution in [0, 0.1) is 5.92 Å². The molecule has 1 aromatic rings. The highest BCUT2D eigenvalue weighted by Crippen LogP contribution is 2.21. The van der Waals surface area contributed by atoms with Crippen molar-refractivity contribution in [1.29, 1.82) is 0 Å². The Morgan fingerprint density at radius 2 is 2.00 bits per heavy atom. The molecule has 2 rings (SSSR count). The minimum atomic E-state index is -0.160. The van der Waals surface area contributed by atoms with Gasteiger partial charge in [0.1, 0.15) is 0 Å². The van der Waals surface area contributed by atoms with E-state index in [9.17, 15) is 4.79 Å². The number of aliphatic hydroxyl groups is 1. The van der Waals surface area contributed by atoms with Crippen LogP contribution in [-0.2, 0) is 5.41 Å². The van der Waals surface area contributed by atoms with Crippen LogP contribution in [0.4, 0.5) is 4.79 Å². The van der Waals surface area contributed by atoms with Crippen LogP contribution >= 0.6 is 0 Å². The third-order valence-corrected chi connectivity index (χ3v) is 3.97. The summed E-state index contributed by atoms with van der Waals surface area (Å²) in [4.78, 5) is 12.0. The zero-order valence-electron chi connectivity index (χ0n) is 12.7. The fraction of sp³-hybridized carbons (Fsp3) is 0.471. The van der Waals surface area contributed by atoms with Crippen molar-refractivity contribution in [3.05, 3.63) is 48.0 Å². The second-order valence-electron chi connectivity index (χ2n) is 6.25. The van der Waals surface area contributed by atoms with Crippen LogP contribution in [0.1, 0.15) is 25.8 Å². The maximum atomic E-state index is 12.0. The topological polar surface area (TPSA) is 61.4 Å². The first kappa shape index (κ1) is 15.6. The van der Waals surface area contributed by atoms with E-state index in [1.54, 1.807) is 0 Å². The molecule has 0 bridgehead atoms. The van der Waals surface area contributed by atoms with E-state index in [0.29, 0.717) is 6.54 Å². The Balaban J connectivity index is 1.80. The van der Waals surface area contributed by atoms with Crippen molar-refractivity contribution >= 4 is 6.03 Å². The SMILES string of the molecule is CC(C)(CNC(=O)N[C@@H]1C=C[C@H](CO)C1)c1ccccc1. The van der Waals surface area contributed by atoms with E-state index in [1.165, 1.54) is 5.56 Å². The standard InChI is InChI=1S/C17H24N2O2/c1-17(2,14-6-4-3-5-7-14)12-18-16(21)19-15-9-8-13(10-15)11-20/h3-9,13,15,20H,10-12H2,1-2H3,(H2,18,19,21)/t13-,15+/m0/s1. The van der Waals surface area contributed by atoms with Gasteiger partial charge in [0.25, 0.3) is 0 Å². The summed E-state index contributed by atoms with van der Waals surface area (Å²) in [6, 6.07) is 10.0. The molecule has 114 valence electrons. The summed E-state index contributed by atoms with van der Waals surface area (Å²) >= 11 is 0. The van der Waals surface area contributed by atoms with E-state index in [-0.39, 0.29) is 30.0 Å². The fourth-order valence-corrected chi connectivity index (χ4v) is 2.53. The fourth-order valence-electron chi connectivity index (χ4n) is 2.53. The molecular formula is C17H24N2O2. The van der Waals surface area contributed by atoms with Gasteiger partial charge in [-0.2, -0.15) is 0 Å². The van der Waals surface area contributed by atoms with Gasteiger partial charge in [-0.3, -0.25) is 0 Å². The number of aliphatic hydroxyl groups excluding tert-OH is 1. The molecule has 3 N–H and O–H groups in total. The average molecular weight is 288 g/mol. The van der Waals surface area contributed by atoms with Crippen LogP contribution in [0.15, 0.2) is 42.5 Å². The lowest BCUT2D eigenvalue weighted by Gasteiger charge is -2.26. The maximum absolute atomic E-state index is 12.0. The smallest absolute Gasteiger partial charge is 0.315 e. The quantitative estimate of drug-likeness (QED) is 0.727. The molecule has 4 nitrogen and oxygen atoms in total. The molecule has 0 heterocycles. The number of urea groups is 1. The number of amides is 2. The number of carbonyl (C=O) groups excluding carboxylic acids is 1. The molecule has 0 unspecified atom stereocenters. The van der Waals surface area contributed by atoms with Crippen LogP contribution in [0.2, 0.25) is 0 Å². The van der Waals surface area contributed by atoms with Crippen LogP contribution in [0.25, 0.3) is 0 Å². The lowest BCUT2D eigenvalue weighted by atomic mass is 9.85. The van der Waals surface area contributed by atoms with Crippen molar-refractivity contribution in [3.8, 4) is 0 Å². The molecule has 1 aromatic carbocycles. The second-order valence-corrected chi connectivity index (χ2v) is 6.25. The van der Waals surface area contributed by atoms with Gasteiger partial charge in [-0.25, -0.2) is 4.79 Å². The van der Waals surface area contributed by atoms with E-state index in [4.69, 9.17) is 5.11 Å². The van der Waals surface area contributed by atoms with E-state index >= 15 is 0 Å². The number of benzene rings is 1. The Hall–Kier alpha value is -1.81. The Labute approximate surface area is 126 Å². The zero-order chi connectivity index (χ0) is 15.3. The summed E-state index contributed by atoms with van der Waals surface area (Å²) in [7, 11) is 0. The molecule has 4 heteroatoms. The largest absolute Gasteiger partial charge is 0.396 e. The number of carbonyl (C=O) groups is 1. The van der Waals surface area contributed by atoms with E-state index in [1.807, 2.05) is 30.4 Å². The molecule has 2 amide bonds. The van der Waals surface area contributed by atoms with Gasteiger partial charge in [-0.1, -0.05) is 56.3 Å². The lowest BCUT2D eigenvalue weighted by Crippen LogP contribution is -2.45. The number of hydrogen-bond acceptors (Lipinski definition) is 2. The third-order valence-electron chi connectivity index (χ3n) is 3.97. The Morgan fingerprint density at radius 1 is 1.29 bits per heavy atom. The summed E-state index contributed by atoms with van der Waals surface area (Å²) in [5.74, 6) is 0.163. The van der Waals surface area contributed by atoms with Crippen molar-refractivity contribution in [1.82, 2.24) is 10.6 Å². The minimum Gasteiger partial charge on any atom is -0.396 e. The molecule has 0 radical (unpaired) electrons. The molecule has 2 atom stereocenters. The van der Waals surface area contributed by atoms with Crippen molar-refractivity contribution in [3.63, 3.8) is 0 Å². The highest BCUT2D eigenvalue weighted by Gasteiger charge is 2.23. The van der Waals surface area contributed by atoms with E-state index in [0.717, 1.165) is 6.42 Å². The highest BCUT2D eigenvalue weighted by atomic mass is 16.3. The first-order valence-electron chi connectivity index (χ1n) is 7.40. The maximum Gasteiger partial charge on any atom is 0.315 e. The molecule has 21 heavy (non-hydrogen) atoms. The molecular weight excluding hydrogens is 264 g/mol. The van der Waals surface area contributed by atoms with Gasteiger partial charge in [0.2, 0.25) is 0 Å². The van der Waals surface area contributed by atoms with Crippen LogP contribution < -0.4 is 10.6 Å². The van der Waals surface area contributed by atoms with Crippen molar-refractivity contribution < 1.29 is 9.90 Å². The van der Waals surface area contributed by atoms with Gasteiger partial charge in [0.05, 0.1) is 0 Å². The summed E-state index contributed by atoms with van der Waals surface area (Å²) in [6.07, 6.45) is 4.67. The lowest BCUT2D eigenvalue weighted by molar-refractivity contribution is 0.229. The van der Waals surface area contributed by atoms with Crippen LogP contribution in [0.3, 0.4) is 0 Å². The van der Waals surface area contributed by atoms with Gasteiger partial charge in [-0.15, -0.1) is 0 Å². The predicted molar refractivity (Wildman–Crippen MR) is 84.1 cm³/mol. The molecule has 0 aromatic heterocycles. The number of hydrogen-bond donors (Lipinski definition) is 3. The highest BCUT2D eigenvalue weighted by molar-refractivity contribution is 5.74. The summed E-state index contributed by atoms with van der Waals surface area (Å²) in [6.45, 7) is 4.93. The number of rotatable bonds is 5. The van der Waals surface area contributed by atoms with Crippen LogP contribution in [-0.4, -0.2) is 30.3 Å². The normalized spacial score (nSPS) is 21.3. The summed E-state index contributed by atoms with van der Waals surface area (Å²) < 4.78 is 0.